The molecule has 2 aliphatic rings. The van der Waals surface area contributed by atoms with E-state index in [0.29, 0.717) is 13.1 Å². The van der Waals surface area contributed by atoms with Crippen molar-refractivity contribution in [2.24, 2.45) is 4.99 Å². The summed E-state index contributed by atoms with van der Waals surface area (Å²) in [5, 5.41) is 1.79. The van der Waals surface area contributed by atoms with Crippen LogP contribution in [0.5, 0.6) is 5.75 Å². The third-order valence-corrected chi connectivity index (χ3v) is 7.51. The van der Waals surface area contributed by atoms with Crippen LogP contribution in [0.1, 0.15) is 19.4 Å². The summed E-state index contributed by atoms with van der Waals surface area (Å²) in [7, 11) is 1.67. The number of methoxy groups -OCH3 is 1. The number of fused-ring (bicyclic) bond motifs is 1. The number of hydrogen-bond acceptors (Lipinski definition) is 6. The van der Waals surface area contributed by atoms with Crippen molar-refractivity contribution < 1.29 is 9.53 Å². The maximum Gasteiger partial charge on any atom is 0.269 e. The van der Waals surface area contributed by atoms with E-state index in [0.717, 1.165) is 44.4 Å². The first-order valence-corrected chi connectivity index (χ1v) is 11.7. The van der Waals surface area contributed by atoms with Crippen LogP contribution in [0.15, 0.2) is 68.4 Å². The number of likely N-dealkylation sites (N-methyl/N-ethyl adjacent to an activating group) is 1. The average molecular weight is 440 g/mol. The van der Waals surface area contributed by atoms with Crippen molar-refractivity contribution >= 4 is 40.3 Å². The number of anilines is 1. The highest BCUT2D eigenvalue weighted by Crippen LogP contribution is 2.51. The summed E-state index contributed by atoms with van der Waals surface area (Å²) in [4.78, 5) is 23.9. The van der Waals surface area contributed by atoms with Gasteiger partial charge in [0.25, 0.3) is 5.91 Å². The number of amidine groups is 1. The van der Waals surface area contributed by atoms with Crippen molar-refractivity contribution in [3.8, 4) is 5.75 Å². The van der Waals surface area contributed by atoms with Crippen LogP contribution < -0.4 is 9.64 Å². The van der Waals surface area contributed by atoms with Crippen LogP contribution in [0.3, 0.4) is 0 Å². The average Bonchev–Trinajstić information content (AvgIpc) is 3.30. The Morgan fingerprint density at radius 3 is 2.47 bits per heavy atom. The Balaban J connectivity index is 1.60. The number of carbonyl (C=O) groups excluding carboxylic acids is 1. The van der Waals surface area contributed by atoms with Gasteiger partial charge in [0.15, 0.2) is 5.17 Å². The van der Waals surface area contributed by atoms with E-state index in [1.54, 1.807) is 23.8 Å². The van der Waals surface area contributed by atoms with Gasteiger partial charge in [-0.05, 0) is 49.7 Å². The Hall–Kier alpha value is -2.38. The summed E-state index contributed by atoms with van der Waals surface area (Å²) < 4.78 is 5.39. The molecule has 2 aliphatic heterocycles. The van der Waals surface area contributed by atoms with Crippen molar-refractivity contribution in [2.45, 2.75) is 25.2 Å². The Labute approximate surface area is 186 Å². The molecule has 0 aromatic heterocycles. The highest BCUT2D eigenvalue weighted by molar-refractivity contribution is 8.19. The van der Waals surface area contributed by atoms with Gasteiger partial charge in [0.2, 0.25) is 0 Å². The number of ether oxygens (including phenoxy) is 1. The first-order chi connectivity index (χ1) is 14.7. The fourth-order valence-corrected chi connectivity index (χ4v) is 5.97. The molecule has 7 heteroatoms. The molecule has 0 bridgehead atoms. The Kier molecular flexibility index (Phi) is 6.39. The summed E-state index contributed by atoms with van der Waals surface area (Å²) in [6.45, 7) is 6.17. The molecule has 0 aliphatic carbocycles. The van der Waals surface area contributed by atoms with Gasteiger partial charge < -0.3 is 9.64 Å². The minimum absolute atomic E-state index is 0.0432. The van der Waals surface area contributed by atoms with Crippen LogP contribution in [0.2, 0.25) is 0 Å². The lowest BCUT2D eigenvalue weighted by atomic mass is 10.2. The molecule has 1 fully saturated rings. The fraction of sp³-hybridized carbons (Fsp3) is 0.304. The number of aliphatic imine (C=N–C) groups is 1. The SMILES string of the molecule is CCN1C(=O)C(=C2Sc3ccc(OC)cc3N2CC)SC1=NCCc1ccccc1. The summed E-state index contributed by atoms with van der Waals surface area (Å²) in [6, 6.07) is 16.4. The van der Waals surface area contributed by atoms with Gasteiger partial charge in [-0.25, -0.2) is 0 Å². The zero-order valence-electron chi connectivity index (χ0n) is 17.4. The predicted molar refractivity (Wildman–Crippen MR) is 126 cm³/mol. The number of amides is 1. The molecule has 0 radical (unpaired) electrons. The van der Waals surface area contributed by atoms with Crippen molar-refractivity contribution in [3.05, 3.63) is 64.0 Å². The highest BCUT2D eigenvalue weighted by Gasteiger charge is 2.38. The summed E-state index contributed by atoms with van der Waals surface area (Å²) in [6.07, 6.45) is 0.865. The van der Waals surface area contributed by atoms with Crippen LogP contribution in [0.4, 0.5) is 5.69 Å². The van der Waals surface area contributed by atoms with Crippen LogP contribution in [-0.2, 0) is 11.2 Å². The number of nitrogens with zero attached hydrogens (tertiary/aromatic N) is 3. The molecule has 4 rings (SSSR count). The molecule has 156 valence electrons. The van der Waals surface area contributed by atoms with Crippen LogP contribution >= 0.6 is 23.5 Å². The zero-order chi connectivity index (χ0) is 21.1. The number of carbonyl (C=O) groups is 1. The van der Waals surface area contributed by atoms with E-state index >= 15 is 0 Å². The van der Waals surface area contributed by atoms with Crippen molar-refractivity contribution in [3.63, 3.8) is 0 Å². The number of rotatable bonds is 6. The second kappa shape index (κ2) is 9.18. The first kappa shape index (κ1) is 20.9. The third kappa shape index (κ3) is 3.96. The Morgan fingerprint density at radius 2 is 1.77 bits per heavy atom. The van der Waals surface area contributed by atoms with E-state index in [2.05, 4.69) is 30.0 Å². The van der Waals surface area contributed by atoms with Gasteiger partial charge in [-0.3, -0.25) is 14.7 Å². The van der Waals surface area contributed by atoms with Crippen LogP contribution in [-0.4, -0.2) is 42.7 Å². The van der Waals surface area contributed by atoms with E-state index < -0.39 is 0 Å². The minimum atomic E-state index is 0.0432. The molecule has 5 nitrogen and oxygen atoms in total. The summed E-state index contributed by atoms with van der Waals surface area (Å²) in [5.41, 5.74) is 2.35. The molecule has 1 saturated heterocycles. The van der Waals surface area contributed by atoms with Crippen molar-refractivity contribution in [1.82, 2.24) is 4.90 Å². The maximum atomic E-state index is 13.2. The number of thioether (sulfide) groups is 2. The van der Waals surface area contributed by atoms with E-state index in [4.69, 9.17) is 9.73 Å². The molecule has 0 atom stereocenters. The third-order valence-electron chi connectivity index (χ3n) is 5.09. The van der Waals surface area contributed by atoms with E-state index in [-0.39, 0.29) is 5.91 Å². The number of benzene rings is 2. The van der Waals surface area contributed by atoms with Gasteiger partial charge in [0, 0.05) is 30.6 Å². The first-order valence-electron chi connectivity index (χ1n) is 10.1. The molecule has 1 amide bonds. The predicted octanol–water partition coefficient (Wildman–Crippen LogP) is 4.99. The lowest BCUT2D eigenvalue weighted by Gasteiger charge is -2.19. The molecule has 0 spiro atoms. The van der Waals surface area contributed by atoms with Gasteiger partial charge in [-0.15, -0.1) is 0 Å². The summed E-state index contributed by atoms with van der Waals surface area (Å²) >= 11 is 3.15. The van der Waals surface area contributed by atoms with Crippen LogP contribution in [0.25, 0.3) is 0 Å². The fourth-order valence-electron chi connectivity index (χ4n) is 3.53. The Morgan fingerprint density at radius 1 is 1.00 bits per heavy atom. The highest BCUT2D eigenvalue weighted by atomic mass is 32.2. The standard InChI is InChI=1S/C23H25N3O2S2/c1-4-25-18-15-17(28-3)11-12-19(18)29-22(25)20-21(27)26(5-2)23(30-20)24-14-13-16-9-7-6-8-10-16/h6-12,15H,4-5,13-14H2,1-3H3. The van der Waals surface area contributed by atoms with E-state index in [1.165, 1.54) is 17.3 Å². The van der Waals surface area contributed by atoms with E-state index in [1.807, 2.05) is 37.3 Å². The molecule has 0 saturated carbocycles. The second-order valence-electron chi connectivity index (χ2n) is 6.87. The summed E-state index contributed by atoms with van der Waals surface area (Å²) in [5.74, 6) is 0.865. The normalized spacial score (nSPS) is 19.7. The molecule has 2 heterocycles. The topological polar surface area (TPSA) is 45.1 Å². The quantitative estimate of drug-likeness (QED) is 0.594. The van der Waals surface area contributed by atoms with Crippen LogP contribution in [0, 0.1) is 0 Å². The van der Waals surface area contributed by atoms with Crippen molar-refractivity contribution in [2.75, 3.05) is 31.6 Å². The van der Waals surface area contributed by atoms with E-state index in [9.17, 15) is 4.79 Å². The molecule has 30 heavy (non-hydrogen) atoms. The molecular weight excluding hydrogens is 414 g/mol. The maximum absolute atomic E-state index is 13.2. The van der Waals surface area contributed by atoms with Gasteiger partial charge >= 0.3 is 0 Å². The molecule has 0 N–H and O–H groups in total. The monoisotopic (exact) mass is 439 g/mol. The lowest BCUT2D eigenvalue weighted by Crippen LogP contribution is -2.29. The van der Waals surface area contributed by atoms with Gasteiger partial charge in [0.05, 0.1) is 12.8 Å². The lowest BCUT2D eigenvalue weighted by molar-refractivity contribution is -0.122. The Bertz CT molecular complexity index is 1000. The molecule has 2 aromatic carbocycles. The largest absolute Gasteiger partial charge is 0.497 e. The minimum Gasteiger partial charge on any atom is -0.497 e. The molecule has 2 aromatic rings. The van der Waals surface area contributed by atoms with Gasteiger partial charge in [0.1, 0.15) is 15.7 Å². The molecule has 0 unspecified atom stereocenters. The smallest absolute Gasteiger partial charge is 0.269 e. The van der Waals surface area contributed by atoms with Gasteiger partial charge in [-0.1, -0.05) is 42.1 Å². The molecular formula is C23H25N3O2S2. The van der Waals surface area contributed by atoms with Crippen molar-refractivity contribution in [1.29, 1.82) is 0 Å². The second-order valence-corrected chi connectivity index (χ2v) is 8.87. The number of hydrogen-bond donors (Lipinski definition) is 0. The zero-order valence-corrected chi connectivity index (χ0v) is 19.1. The van der Waals surface area contributed by atoms with Gasteiger partial charge in [-0.2, -0.15) is 0 Å².